The molecule has 0 spiro atoms. The molecule has 0 amide bonds. The lowest BCUT2D eigenvalue weighted by Gasteiger charge is -2.24. The number of rotatable bonds is 6. The van der Waals surface area contributed by atoms with E-state index < -0.39 is 5.60 Å². The van der Waals surface area contributed by atoms with Gasteiger partial charge in [0.15, 0.2) is 5.75 Å². The average Bonchev–Trinajstić information content (AvgIpc) is 2.75. The minimum atomic E-state index is -0.722. The Morgan fingerprint density at radius 3 is 2.50 bits per heavy atom. The van der Waals surface area contributed by atoms with E-state index in [9.17, 15) is 5.11 Å². The third-order valence-electron chi connectivity index (χ3n) is 2.93. The van der Waals surface area contributed by atoms with Gasteiger partial charge in [-0.3, -0.25) is 4.68 Å². The summed E-state index contributed by atoms with van der Waals surface area (Å²) in [5, 5.41) is 14.2. The minimum absolute atomic E-state index is 0.323. The van der Waals surface area contributed by atoms with Crippen LogP contribution in [0.15, 0.2) is 12.4 Å². The summed E-state index contributed by atoms with van der Waals surface area (Å²) in [4.78, 5) is 0. The van der Waals surface area contributed by atoms with E-state index in [4.69, 9.17) is 4.74 Å². The lowest BCUT2D eigenvalue weighted by molar-refractivity contribution is -0.0113. The van der Waals surface area contributed by atoms with Crippen LogP contribution in [0.4, 0.5) is 0 Å². The molecule has 0 unspecified atom stereocenters. The Hall–Kier alpha value is -1.03. The van der Waals surface area contributed by atoms with Crippen LogP contribution in [0.5, 0.6) is 5.75 Å². The first-order valence-electron chi connectivity index (χ1n) is 5.90. The molecular formula is C12H22N2O2. The van der Waals surface area contributed by atoms with E-state index >= 15 is 0 Å². The SMILES string of the molecule is CCC(O)(CC)COc1cnn(C(C)C)c1. The number of aromatic nitrogens is 2. The topological polar surface area (TPSA) is 47.3 Å². The Morgan fingerprint density at radius 1 is 1.44 bits per heavy atom. The van der Waals surface area contributed by atoms with E-state index in [1.54, 1.807) is 6.20 Å². The van der Waals surface area contributed by atoms with Crippen molar-refractivity contribution in [1.82, 2.24) is 9.78 Å². The first kappa shape index (κ1) is 13.0. The van der Waals surface area contributed by atoms with Crippen molar-refractivity contribution in [3.05, 3.63) is 12.4 Å². The number of aliphatic hydroxyl groups is 1. The summed E-state index contributed by atoms with van der Waals surface area (Å²) in [6, 6.07) is 0.327. The Balaban J connectivity index is 2.54. The maximum atomic E-state index is 10.1. The van der Waals surface area contributed by atoms with Crippen LogP contribution in [0.3, 0.4) is 0 Å². The van der Waals surface area contributed by atoms with Gasteiger partial charge in [-0.05, 0) is 26.7 Å². The minimum Gasteiger partial charge on any atom is -0.487 e. The molecular weight excluding hydrogens is 204 g/mol. The Bertz CT molecular complexity index is 317. The first-order valence-corrected chi connectivity index (χ1v) is 5.90. The fraction of sp³-hybridized carbons (Fsp3) is 0.750. The summed E-state index contributed by atoms with van der Waals surface area (Å²) in [5.41, 5.74) is -0.722. The quantitative estimate of drug-likeness (QED) is 0.810. The Labute approximate surface area is 97.2 Å². The van der Waals surface area contributed by atoms with Gasteiger partial charge in [-0.2, -0.15) is 5.10 Å². The smallest absolute Gasteiger partial charge is 0.157 e. The zero-order chi connectivity index (χ0) is 12.2. The molecule has 0 radical (unpaired) electrons. The van der Waals surface area contributed by atoms with E-state index in [0.29, 0.717) is 31.2 Å². The van der Waals surface area contributed by atoms with Crippen molar-refractivity contribution in [3.8, 4) is 5.75 Å². The largest absolute Gasteiger partial charge is 0.487 e. The highest BCUT2D eigenvalue weighted by Crippen LogP contribution is 2.18. The molecule has 4 heteroatoms. The number of ether oxygens (including phenoxy) is 1. The van der Waals surface area contributed by atoms with Gasteiger partial charge in [0.05, 0.1) is 18.0 Å². The summed E-state index contributed by atoms with van der Waals surface area (Å²) in [6.45, 7) is 8.37. The Morgan fingerprint density at radius 2 is 2.06 bits per heavy atom. The lowest BCUT2D eigenvalue weighted by Crippen LogP contribution is -2.34. The van der Waals surface area contributed by atoms with E-state index in [-0.39, 0.29) is 0 Å². The highest BCUT2D eigenvalue weighted by molar-refractivity contribution is 5.12. The number of nitrogens with zero attached hydrogens (tertiary/aromatic N) is 2. The van der Waals surface area contributed by atoms with Gasteiger partial charge in [-0.1, -0.05) is 13.8 Å². The van der Waals surface area contributed by atoms with Crippen molar-refractivity contribution >= 4 is 0 Å². The van der Waals surface area contributed by atoms with Crippen LogP contribution in [0.2, 0.25) is 0 Å². The third-order valence-corrected chi connectivity index (χ3v) is 2.93. The molecule has 0 aromatic carbocycles. The van der Waals surface area contributed by atoms with Crippen molar-refractivity contribution < 1.29 is 9.84 Å². The molecule has 1 heterocycles. The summed E-state index contributed by atoms with van der Waals surface area (Å²) < 4.78 is 7.39. The second-order valence-corrected chi connectivity index (χ2v) is 4.47. The highest BCUT2D eigenvalue weighted by Gasteiger charge is 2.23. The lowest BCUT2D eigenvalue weighted by atomic mass is 9.99. The molecule has 0 aliphatic rings. The van der Waals surface area contributed by atoms with Crippen molar-refractivity contribution in [2.24, 2.45) is 0 Å². The predicted molar refractivity (Wildman–Crippen MR) is 63.6 cm³/mol. The van der Waals surface area contributed by atoms with Gasteiger partial charge in [-0.15, -0.1) is 0 Å². The van der Waals surface area contributed by atoms with Crippen LogP contribution in [0.1, 0.15) is 46.6 Å². The van der Waals surface area contributed by atoms with Crippen molar-refractivity contribution in [3.63, 3.8) is 0 Å². The maximum absolute atomic E-state index is 10.1. The van der Waals surface area contributed by atoms with Crippen molar-refractivity contribution in [2.75, 3.05) is 6.61 Å². The van der Waals surface area contributed by atoms with E-state index in [1.165, 1.54) is 0 Å². The van der Waals surface area contributed by atoms with Crippen LogP contribution < -0.4 is 4.74 Å². The molecule has 1 rings (SSSR count). The summed E-state index contributed by atoms with van der Waals surface area (Å²) in [7, 11) is 0. The van der Waals surface area contributed by atoms with Gasteiger partial charge in [0.25, 0.3) is 0 Å². The van der Waals surface area contributed by atoms with E-state index in [0.717, 1.165) is 0 Å². The van der Waals surface area contributed by atoms with E-state index in [2.05, 4.69) is 18.9 Å². The zero-order valence-corrected chi connectivity index (χ0v) is 10.6. The summed E-state index contributed by atoms with van der Waals surface area (Å²) in [5.74, 6) is 0.717. The van der Waals surface area contributed by atoms with Gasteiger partial charge < -0.3 is 9.84 Å². The summed E-state index contributed by atoms with van der Waals surface area (Å²) in [6.07, 6.45) is 4.94. The molecule has 0 atom stereocenters. The van der Waals surface area contributed by atoms with Gasteiger partial charge in [0.1, 0.15) is 6.61 Å². The third kappa shape index (κ3) is 3.23. The molecule has 0 aliphatic carbocycles. The fourth-order valence-corrected chi connectivity index (χ4v) is 1.35. The number of hydrogen-bond donors (Lipinski definition) is 1. The highest BCUT2D eigenvalue weighted by atomic mass is 16.5. The molecule has 4 nitrogen and oxygen atoms in total. The molecule has 0 fully saturated rings. The summed E-state index contributed by atoms with van der Waals surface area (Å²) >= 11 is 0. The average molecular weight is 226 g/mol. The molecule has 0 aliphatic heterocycles. The first-order chi connectivity index (χ1) is 7.50. The second kappa shape index (κ2) is 5.34. The van der Waals surface area contributed by atoms with Crippen molar-refractivity contribution in [1.29, 1.82) is 0 Å². The molecule has 1 N–H and O–H groups in total. The number of hydrogen-bond acceptors (Lipinski definition) is 3. The van der Waals surface area contributed by atoms with Crippen LogP contribution in [-0.4, -0.2) is 27.1 Å². The molecule has 16 heavy (non-hydrogen) atoms. The predicted octanol–water partition coefficient (Wildman–Crippen LogP) is 2.39. The second-order valence-electron chi connectivity index (χ2n) is 4.47. The van der Waals surface area contributed by atoms with Crippen LogP contribution >= 0.6 is 0 Å². The maximum Gasteiger partial charge on any atom is 0.157 e. The van der Waals surface area contributed by atoms with Crippen molar-refractivity contribution in [2.45, 2.75) is 52.2 Å². The normalized spacial score (nSPS) is 12.1. The standard InChI is InChI=1S/C12H22N2O2/c1-5-12(15,6-2)9-16-11-7-13-14(8-11)10(3)4/h7-8,10,15H,5-6,9H2,1-4H3. The van der Waals surface area contributed by atoms with Crippen LogP contribution in [-0.2, 0) is 0 Å². The monoisotopic (exact) mass is 226 g/mol. The van der Waals surface area contributed by atoms with Gasteiger partial charge in [-0.25, -0.2) is 0 Å². The van der Waals surface area contributed by atoms with Crippen LogP contribution in [0, 0.1) is 0 Å². The fourth-order valence-electron chi connectivity index (χ4n) is 1.35. The molecule has 1 aromatic rings. The molecule has 0 bridgehead atoms. The molecule has 92 valence electrons. The van der Waals surface area contributed by atoms with Crippen LogP contribution in [0.25, 0.3) is 0 Å². The Kier molecular flexibility index (Phi) is 4.35. The van der Waals surface area contributed by atoms with E-state index in [1.807, 2.05) is 24.7 Å². The van der Waals surface area contributed by atoms with Gasteiger partial charge in [0.2, 0.25) is 0 Å². The molecule has 0 saturated carbocycles. The van der Waals surface area contributed by atoms with Gasteiger partial charge in [0, 0.05) is 6.04 Å². The molecule has 0 saturated heterocycles. The zero-order valence-electron chi connectivity index (χ0n) is 10.6. The molecule has 1 aromatic heterocycles. The van der Waals surface area contributed by atoms with Gasteiger partial charge >= 0.3 is 0 Å².